The van der Waals surface area contributed by atoms with E-state index in [1.807, 2.05) is 0 Å². The Balaban J connectivity index is 2.11. The SMILES string of the molecule is Fc1ccc(N=CNc2ccc(F)cc2F)c(F)c1. The summed E-state index contributed by atoms with van der Waals surface area (Å²) in [4.78, 5) is 3.67. The molecule has 0 saturated carbocycles. The average Bonchev–Trinajstić information content (AvgIpc) is 2.34. The van der Waals surface area contributed by atoms with E-state index in [-0.39, 0.29) is 11.4 Å². The van der Waals surface area contributed by atoms with Crippen molar-refractivity contribution in [3.8, 4) is 0 Å². The zero-order valence-corrected chi connectivity index (χ0v) is 9.50. The van der Waals surface area contributed by atoms with Crippen LogP contribution in [0.15, 0.2) is 41.4 Å². The van der Waals surface area contributed by atoms with Gasteiger partial charge in [-0.3, -0.25) is 0 Å². The monoisotopic (exact) mass is 268 g/mol. The van der Waals surface area contributed by atoms with E-state index < -0.39 is 23.3 Å². The molecular formula is C13H8F4N2. The molecule has 0 aliphatic rings. The summed E-state index contributed by atoms with van der Waals surface area (Å²) in [6.07, 6.45) is 1.03. The second kappa shape index (κ2) is 5.51. The Kier molecular flexibility index (Phi) is 3.79. The number of hydrogen-bond acceptors (Lipinski definition) is 1. The van der Waals surface area contributed by atoms with Gasteiger partial charge in [-0.25, -0.2) is 22.6 Å². The van der Waals surface area contributed by atoms with Crippen molar-refractivity contribution in [3.63, 3.8) is 0 Å². The first kappa shape index (κ1) is 13.1. The number of hydrogen-bond donors (Lipinski definition) is 1. The number of halogens is 4. The maximum Gasteiger partial charge on any atom is 0.151 e. The maximum absolute atomic E-state index is 13.2. The van der Waals surface area contributed by atoms with Crippen LogP contribution in [-0.2, 0) is 0 Å². The van der Waals surface area contributed by atoms with Gasteiger partial charge in [0.15, 0.2) is 5.82 Å². The van der Waals surface area contributed by atoms with Crippen LogP contribution in [-0.4, -0.2) is 6.34 Å². The van der Waals surface area contributed by atoms with E-state index in [0.717, 1.165) is 24.5 Å². The summed E-state index contributed by atoms with van der Waals surface area (Å²) in [5, 5.41) is 2.44. The van der Waals surface area contributed by atoms with Crippen LogP contribution in [0.2, 0.25) is 0 Å². The van der Waals surface area contributed by atoms with Crippen molar-refractivity contribution in [1.82, 2.24) is 0 Å². The Morgan fingerprint density at radius 1 is 0.842 bits per heavy atom. The highest BCUT2D eigenvalue weighted by atomic mass is 19.1. The van der Waals surface area contributed by atoms with Gasteiger partial charge in [0.25, 0.3) is 0 Å². The van der Waals surface area contributed by atoms with Crippen molar-refractivity contribution in [2.24, 2.45) is 4.99 Å². The Morgan fingerprint density at radius 2 is 1.47 bits per heavy atom. The van der Waals surface area contributed by atoms with Crippen LogP contribution < -0.4 is 5.32 Å². The minimum atomic E-state index is -0.836. The van der Waals surface area contributed by atoms with Crippen LogP contribution >= 0.6 is 0 Å². The van der Waals surface area contributed by atoms with Gasteiger partial charge in [0, 0.05) is 12.1 Å². The van der Waals surface area contributed by atoms with Gasteiger partial charge in [-0.2, -0.15) is 0 Å². The van der Waals surface area contributed by atoms with Crippen molar-refractivity contribution in [3.05, 3.63) is 59.7 Å². The number of aliphatic imine (C=N–C) groups is 1. The molecule has 0 amide bonds. The molecule has 0 aliphatic carbocycles. The first-order valence-corrected chi connectivity index (χ1v) is 5.25. The summed E-state index contributed by atoms with van der Waals surface area (Å²) < 4.78 is 51.7. The lowest BCUT2D eigenvalue weighted by Gasteiger charge is -2.02. The summed E-state index contributed by atoms with van der Waals surface area (Å²) >= 11 is 0. The van der Waals surface area contributed by atoms with Crippen molar-refractivity contribution in [1.29, 1.82) is 0 Å². The van der Waals surface area contributed by atoms with Gasteiger partial charge < -0.3 is 5.32 Å². The molecule has 0 fully saturated rings. The number of nitrogens with zero attached hydrogens (tertiary/aromatic N) is 1. The van der Waals surface area contributed by atoms with E-state index in [1.54, 1.807) is 0 Å². The van der Waals surface area contributed by atoms with E-state index in [0.29, 0.717) is 12.1 Å². The van der Waals surface area contributed by atoms with Crippen LogP contribution in [0.5, 0.6) is 0 Å². The molecule has 0 saturated heterocycles. The number of anilines is 1. The second-order valence-corrected chi connectivity index (χ2v) is 3.62. The summed E-state index contributed by atoms with van der Waals surface area (Å²) in [6, 6.07) is 5.83. The lowest BCUT2D eigenvalue weighted by molar-refractivity contribution is 0.585. The van der Waals surface area contributed by atoms with Crippen molar-refractivity contribution < 1.29 is 17.6 Å². The molecule has 2 rings (SSSR count). The number of rotatable bonds is 3. The molecule has 1 N–H and O–H groups in total. The normalized spacial score (nSPS) is 10.9. The first-order valence-electron chi connectivity index (χ1n) is 5.25. The van der Waals surface area contributed by atoms with Gasteiger partial charge >= 0.3 is 0 Å². The molecule has 0 radical (unpaired) electrons. The molecule has 0 heterocycles. The fourth-order valence-corrected chi connectivity index (χ4v) is 1.36. The summed E-state index contributed by atoms with van der Waals surface area (Å²) in [7, 11) is 0. The third-order valence-electron chi connectivity index (χ3n) is 2.26. The van der Waals surface area contributed by atoms with Crippen LogP contribution in [0.4, 0.5) is 28.9 Å². The third kappa shape index (κ3) is 3.31. The zero-order chi connectivity index (χ0) is 13.8. The second-order valence-electron chi connectivity index (χ2n) is 3.62. The van der Waals surface area contributed by atoms with E-state index >= 15 is 0 Å². The van der Waals surface area contributed by atoms with Gasteiger partial charge in [-0.05, 0) is 24.3 Å². The van der Waals surface area contributed by atoms with E-state index in [2.05, 4.69) is 10.3 Å². The number of benzene rings is 2. The van der Waals surface area contributed by atoms with Crippen molar-refractivity contribution in [2.45, 2.75) is 0 Å². The zero-order valence-electron chi connectivity index (χ0n) is 9.50. The first-order chi connectivity index (χ1) is 9.06. The smallest absolute Gasteiger partial charge is 0.151 e. The fourth-order valence-electron chi connectivity index (χ4n) is 1.36. The Bertz CT molecular complexity index is 626. The van der Waals surface area contributed by atoms with E-state index in [4.69, 9.17) is 0 Å². The molecule has 2 aromatic carbocycles. The fraction of sp³-hybridized carbons (Fsp3) is 0. The lowest BCUT2D eigenvalue weighted by atomic mass is 10.3. The predicted octanol–water partition coefficient (Wildman–Crippen LogP) is 4.01. The molecule has 0 atom stereocenters. The van der Waals surface area contributed by atoms with Gasteiger partial charge in [0.1, 0.15) is 23.1 Å². The average molecular weight is 268 g/mol. The molecule has 0 bridgehead atoms. The largest absolute Gasteiger partial charge is 0.344 e. The summed E-state index contributed by atoms with van der Waals surface area (Å²) in [6.45, 7) is 0. The van der Waals surface area contributed by atoms with Crippen molar-refractivity contribution in [2.75, 3.05) is 5.32 Å². The summed E-state index contributed by atoms with van der Waals surface area (Å²) in [5.74, 6) is -3.05. The van der Waals surface area contributed by atoms with E-state index in [9.17, 15) is 17.6 Å². The highest BCUT2D eigenvalue weighted by Gasteiger charge is 2.03. The molecule has 0 aromatic heterocycles. The molecule has 6 heteroatoms. The van der Waals surface area contributed by atoms with Gasteiger partial charge in [-0.15, -0.1) is 0 Å². The highest BCUT2D eigenvalue weighted by molar-refractivity contribution is 5.78. The van der Waals surface area contributed by atoms with E-state index in [1.165, 1.54) is 6.07 Å². The van der Waals surface area contributed by atoms with Gasteiger partial charge in [0.2, 0.25) is 0 Å². The molecule has 0 unspecified atom stereocenters. The molecule has 2 nitrogen and oxygen atoms in total. The van der Waals surface area contributed by atoms with Crippen LogP contribution in [0.3, 0.4) is 0 Å². The van der Waals surface area contributed by atoms with Gasteiger partial charge in [0.05, 0.1) is 12.0 Å². The van der Waals surface area contributed by atoms with Gasteiger partial charge in [-0.1, -0.05) is 0 Å². The van der Waals surface area contributed by atoms with Crippen LogP contribution in [0, 0.1) is 23.3 Å². The minimum absolute atomic E-state index is 0.00679. The Hall–Kier alpha value is -2.37. The molecule has 0 aliphatic heterocycles. The summed E-state index contributed by atoms with van der Waals surface area (Å²) in [5.41, 5.74) is -0.107. The number of nitrogens with one attached hydrogen (secondary N) is 1. The molecule has 98 valence electrons. The Morgan fingerprint density at radius 3 is 2.11 bits per heavy atom. The topological polar surface area (TPSA) is 24.4 Å². The van der Waals surface area contributed by atoms with Crippen molar-refractivity contribution >= 4 is 17.7 Å². The maximum atomic E-state index is 13.2. The predicted molar refractivity (Wildman–Crippen MR) is 64.5 cm³/mol. The molecule has 0 spiro atoms. The molecule has 2 aromatic rings. The molecule has 19 heavy (non-hydrogen) atoms. The van der Waals surface area contributed by atoms with Crippen LogP contribution in [0.1, 0.15) is 0 Å². The van der Waals surface area contributed by atoms with Crippen LogP contribution in [0.25, 0.3) is 0 Å². The Labute approximate surface area is 106 Å². The third-order valence-corrected chi connectivity index (χ3v) is 2.26. The highest BCUT2D eigenvalue weighted by Crippen LogP contribution is 2.18. The molecular weight excluding hydrogens is 260 g/mol. The quantitative estimate of drug-likeness (QED) is 0.507. The lowest BCUT2D eigenvalue weighted by Crippen LogP contribution is -1.98. The standard InChI is InChI=1S/C13H8F4N2/c14-8-1-3-12(10(16)5-8)18-7-19-13-4-2-9(15)6-11(13)17/h1-7H,(H,18,19). The minimum Gasteiger partial charge on any atom is -0.344 e.